The molecule has 0 N–H and O–H groups in total. The number of carbonyl (C=O) groups is 1. The highest BCUT2D eigenvalue weighted by Crippen LogP contribution is 2.31. The third-order valence-electron chi connectivity index (χ3n) is 7.43. The van der Waals surface area contributed by atoms with Gasteiger partial charge in [0.15, 0.2) is 4.80 Å². The van der Waals surface area contributed by atoms with E-state index in [2.05, 4.69) is 45.2 Å². The highest BCUT2D eigenvalue weighted by molar-refractivity contribution is 9.10. The second kappa shape index (κ2) is 12.1. The Morgan fingerprint density at radius 2 is 1.79 bits per heavy atom. The zero-order valence-corrected chi connectivity index (χ0v) is 26.4. The fraction of sp³-hybridized carbons (Fsp3) is 0.171. The van der Waals surface area contributed by atoms with Gasteiger partial charge in [0.1, 0.15) is 12.4 Å². The average molecular weight is 654 g/mol. The van der Waals surface area contributed by atoms with E-state index in [0.29, 0.717) is 33.0 Å². The lowest BCUT2D eigenvalue weighted by Gasteiger charge is -2.24. The molecule has 0 fully saturated rings. The van der Waals surface area contributed by atoms with E-state index in [1.54, 1.807) is 18.4 Å². The van der Waals surface area contributed by atoms with Crippen molar-refractivity contribution in [2.75, 3.05) is 6.61 Å². The Morgan fingerprint density at radius 1 is 1.02 bits per heavy atom. The molecule has 1 aromatic heterocycles. The summed E-state index contributed by atoms with van der Waals surface area (Å²) < 4.78 is 14.5. The van der Waals surface area contributed by atoms with E-state index in [9.17, 15) is 9.59 Å². The average Bonchev–Trinajstić information content (AvgIpc) is 3.30. The van der Waals surface area contributed by atoms with Crippen LogP contribution in [-0.2, 0) is 16.1 Å². The fourth-order valence-electron chi connectivity index (χ4n) is 5.30. The van der Waals surface area contributed by atoms with Crippen LogP contribution in [0.15, 0.2) is 110 Å². The molecular formula is C35H29BrN2O4S. The summed E-state index contributed by atoms with van der Waals surface area (Å²) in [5, 5.41) is 2.34. The van der Waals surface area contributed by atoms with Crippen LogP contribution in [0.4, 0.5) is 0 Å². The zero-order valence-electron chi connectivity index (χ0n) is 24.0. The van der Waals surface area contributed by atoms with Crippen molar-refractivity contribution in [2.24, 2.45) is 4.99 Å². The van der Waals surface area contributed by atoms with Gasteiger partial charge in [-0.05, 0) is 82.4 Å². The topological polar surface area (TPSA) is 69.9 Å². The molecule has 4 aromatic carbocycles. The van der Waals surface area contributed by atoms with E-state index in [4.69, 9.17) is 9.47 Å². The number of fused-ring (bicyclic) bond motifs is 2. The first-order valence-electron chi connectivity index (χ1n) is 14.0. The zero-order chi connectivity index (χ0) is 30.1. The number of benzene rings is 4. The summed E-state index contributed by atoms with van der Waals surface area (Å²) in [6.07, 6.45) is 1.85. The van der Waals surface area contributed by atoms with Crippen molar-refractivity contribution in [3.05, 3.63) is 143 Å². The third-order valence-corrected chi connectivity index (χ3v) is 9.03. The summed E-state index contributed by atoms with van der Waals surface area (Å²) in [6.45, 7) is 6.22. The number of nitrogens with zero attached hydrogens (tertiary/aromatic N) is 2. The Hall–Kier alpha value is -4.27. The van der Waals surface area contributed by atoms with Crippen LogP contribution >= 0.6 is 27.3 Å². The summed E-state index contributed by atoms with van der Waals surface area (Å²) in [5.41, 5.74) is 4.57. The van der Waals surface area contributed by atoms with Gasteiger partial charge in [-0.2, -0.15) is 0 Å². The number of rotatable bonds is 7. The number of aromatic nitrogens is 1. The highest BCUT2D eigenvalue weighted by Gasteiger charge is 2.33. The van der Waals surface area contributed by atoms with Crippen LogP contribution in [0.2, 0.25) is 0 Å². The first-order valence-corrected chi connectivity index (χ1v) is 15.6. The normalized spacial score (nSPS) is 14.9. The summed E-state index contributed by atoms with van der Waals surface area (Å²) in [5.74, 6) is 0.243. The number of hydrogen-bond acceptors (Lipinski definition) is 6. The molecule has 6 nitrogen and oxygen atoms in total. The molecule has 0 amide bonds. The van der Waals surface area contributed by atoms with Crippen molar-refractivity contribution < 1.29 is 14.3 Å². The number of ether oxygens (including phenoxy) is 2. The molecule has 0 radical (unpaired) electrons. The predicted octanol–water partition coefficient (Wildman–Crippen LogP) is 6.60. The number of thiazole rings is 1. The van der Waals surface area contributed by atoms with Gasteiger partial charge in [0, 0.05) is 0 Å². The van der Waals surface area contributed by atoms with Gasteiger partial charge in [-0.25, -0.2) is 9.79 Å². The number of carbonyl (C=O) groups excluding carboxylic acids is 1. The fourth-order valence-corrected chi connectivity index (χ4v) is 6.86. The maximum Gasteiger partial charge on any atom is 0.338 e. The van der Waals surface area contributed by atoms with Crippen molar-refractivity contribution in [3.8, 4) is 5.75 Å². The molecular weight excluding hydrogens is 624 g/mol. The summed E-state index contributed by atoms with van der Waals surface area (Å²) >= 11 is 4.95. The molecule has 216 valence electrons. The lowest BCUT2D eigenvalue weighted by molar-refractivity contribution is -0.139. The van der Waals surface area contributed by atoms with Gasteiger partial charge in [-0.3, -0.25) is 9.36 Å². The number of halogens is 1. The molecule has 5 aromatic rings. The summed E-state index contributed by atoms with van der Waals surface area (Å²) in [7, 11) is 0. The second-order valence-electron chi connectivity index (χ2n) is 10.3. The molecule has 0 aliphatic carbocycles. The summed E-state index contributed by atoms with van der Waals surface area (Å²) in [4.78, 5) is 32.2. The molecule has 0 saturated carbocycles. The number of allylic oxidation sites excluding steroid dienone is 1. The van der Waals surface area contributed by atoms with Crippen LogP contribution in [0, 0.1) is 6.92 Å². The molecule has 1 aliphatic heterocycles. The summed E-state index contributed by atoms with van der Waals surface area (Å²) in [6, 6.07) is 27.4. The third kappa shape index (κ3) is 5.72. The molecule has 2 heterocycles. The van der Waals surface area contributed by atoms with Crippen molar-refractivity contribution in [2.45, 2.75) is 33.4 Å². The quantitative estimate of drug-likeness (QED) is 0.186. The van der Waals surface area contributed by atoms with Crippen molar-refractivity contribution in [3.63, 3.8) is 0 Å². The maximum absolute atomic E-state index is 13.9. The first-order chi connectivity index (χ1) is 20.8. The van der Waals surface area contributed by atoms with Gasteiger partial charge >= 0.3 is 5.97 Å². The molecule has 1 atom stereocenters. The Bertz CT molecular complexity index is 2070. The van der Waals surface area contributed by atoms with Crippen LogP contribution in [0.3, 0.4) is 0 Å². The smallest absolute Gasteiger partial charge is 0.338 e. The van der Waals surface area contributed by atoms with Crippen LogP contribution in [0.25, 0.3) is 16.8 Å². The van der Waals surface area contributed by atoms with E-state index >= 15 is 0 Å². The molecule has 1 aliphatic rings. The van der Waals surface area contributed by atoms with Gasteiger partial charge in [0.25, 0.3) is 5.56 Å². The minimum Gasteiger partial charge on any atom is -0.488 e. The standard InChI is InChI=1S/C35H29BrN2O4S/c1-4-41-34(40)31-22(3)37-35-38(32(31)25-15-12-21(2)13-16-25)33(39)30(43-35)19-23-14-17-29(28(36)18-23)42-20-26-10-7-9-24-8-5-6-11-27(24)26/h5-19,32H,4,20H2,1-3H3/b30-19+/t32-/m1/s1. The van der Waals surface area contributed by atoms with E-state index in [1.807, 2.05) is 73.7 Å². The van der Waals surface area contributed by atoms with Gasteiger partial charge in [0.05, 0.1) is 32.9 Å². The Labute approximate surface area is 261 Å². The predicted molar refractivity (Wildman–Crippen MR) is 174 cm³/mol. The molecule has 0 spiro atoms. The van der Waals surface area contributed by atoms with E-state index < -0.39 is 12.0 Å². The van der Waals surface area contributed by atoms with Gasteiger partial charge in [-0.1, -0.05) is 89.7 Å². The molecule has 6 rings (SSSR count). The number of hydrogen-bond donors (Lipinski definition) is 0. The van der Waals surface area contributed by atoms with Crippen LogP contribution in [0.1, 0.15) is 42.1 Å². The molecule has 0 unspecified atom stereocenters. The second-order valence-corrected chi connectivity index (χ2v) is 12.2. The minimum absolute atomic E-state index is 0.212. The van der Waals surface area contributed by atoms with E-state index in [0.717, 1.165) is 26.7 Å². The van der Waals surface area contributed by atoms with Gasteiger partial charge in [0.2, 0.25) is 0 Å². The molecule has 43 heavy (non-hydrogen) atoms. The number of aryl methyl sites for hydroxylation is 1. The molecule has 0 saturated heterocycles. The minimum atomic E-state index is -0.630. The maximum atomic E-state index is 13.9. The lowest BCUT2D eigenvalue weighted by Crippen LogP contribution is -2.39. The van der Waals surface area contributed by atoms with E-state index in [-0.39, 0.29) is 12.2 Å². The molecule has 0 bridgehead atoms. The SMILES string of the molecule is CCOC(=O)C1=C(C)N=c2s/c(=C/c3ccc(OCc4cccc5ccccc45)c(Br)c3)c(=O)n2[C@@H]1c1ccc(C)cc1. The van der Waals surface area contributed by atoms with Crippen LogP contribution < -0.4 is 19.6 Å². The van der Waals surface area contributed by atoms with Gasteiger partial charge < -0.3 is 9.47 Å². The van der Waals surface area contributed by atoms with Crippen LogP contribution in [-0.4, -0.2) is 17.1 Å². The largest absolute Gasteiger partial charge is 0.488 e. The van der Waals surface area contributed by atoms with E-state index in [1.165, 1.54) is 22.1 Å². The van der Waals surface area contributed by atoms with Crippen molar-refractivity contribution in [1.82, 2.24) is 4.57 Å². The number of esters is 1. The lowest BCUT2D eigenvalue weighted by atomic mass is 9.95. The van der Waals surface area contributed by atoms with Crippen molar-refractivity contribution in [1.29, 1.82) is 0 Å². The Balaban J connectivity index is 1.34. The first kappa shape index (κ1) is 28.8. The monoisotopic (exact) mass is 652 g/mol. The Morgan fingerprint density at radius 3 is 2.56 bits per heavy atom. The molecule has 8 heteroatoms. The van der Waals surface area contributed by atoms with Gasteiger partial charge in [-0.15, -0.1) is 0 Å². The Kier molecular flexibility index (Phi) is 8.15. The highest BCUT2D eigenvalue weighted by atomic mass is 79.9. The van der Waals surface area contributed by atoms with Crippen LogP contribution in [0.5, 0.6) is 5.75 Å². The van der Waals surface area contributed by atoms with Crippen molar-refractivity contribution >= 4 is 50.1 Å².